The maximum atomic E-state index is 12.7. The van der Waals surface area contributed by atoms with Gasteiger partial charge in [-0.15, -0.1) is 0 Å². The lowest BCUT2D eigenvalue weighted by molar-refractivity contribution is -0.385. The predicted molar refractivity (Wildman–Crippen MR) is 106 cm³/mol. The summed E-state index contributed by atoms with van der Waals surface area (Å²) in [6.45, 7) is 3.63. The maximum absolute atomic E-state index is 12.7. The van der Waals surface area contributed by atoms with Gasteiger partial charge < -0.3 is 9.64 Å². The third-order valence-electron chi connectivity index (χ3n) is 4.89. The molecule has 0 atom stereocenters. The lowest BCUT2D eigenvalue weighted by Crippen LogP contribution is -2.46. The average molecular weight is 427 g/mol. The predicted octanol–water partition coefficient (Wildman–Crippen LogP) is 1.47. The first kappa shape index (κ1) is 22.6. The molecule has 1 aliphatic rings. The van der Waals surface area contributed by atoms with E-state index in [1.165, 1.54) is 30.0 Å². The Morgan fingerprint density at radius 3 is 2.45 bits per heavy atom. The van der Waals surface area contributed by atoms with E-state index < -0.39 is 27.4 Å². The highest BCUT2D eigenvalue weighted by atomic mass is 32.2. The highest BCUT2D eigenvalue weighted by Gasteiger charge is 2.31. The van der Waals surface area contributed by atoms with E-state index in [-0.39, 0.29) is 28.8 Å². The SMILES string of the molecule is CCOC(=O)C1CCN(C(=O)CN(c2cccc([N+](=O)[O-])c2C)S(C)(=O)=O)CC1. The van der Waals surface area contributed by atoms with E-state index >= 15 is 0 Å². The van der Waals surface area contributed by atoms with Crippen LogP contribution in [0.3, 0.4) is 0 Å². The lowest BCUT2D eigenvalue weighted by Gasteiger charge is -2.33. The van der Waals surface area contributed by atoms with Gasteiger partial charge in [-0.3, -0.25) is 24.0 Å². The van der Waals surface area contributed by atoms with Crippen molar-refractivity contribution in [3.63, 3.8) is 0 Å². The standard InChI is InChI=1S/C18H25N3O7S/c1-4-28-18(23)14-8-10-19(11-9-14)17(22)12-20(29(3,26)27)15-6-5-7-16(13(15)2)21(24)25/h5-7,14H,4,8-12H2,1-3H3. The van der Waals surface area contributed by atoms with E-state index in [0.717, 1.165) is 10.6 Å². The number of likely N-dealkylation sites (tertiary alicyclic amines) is 1. The number of benzene rings is 1. The number of carbonyl (C=O) groups excluding carboxylic acids is 2. The molecule has 1 heterocycles. The van der Waals surface area contributed by atoms with Gasteiger partial charge in [-0.1, -0.05) is 6.07 Å². The highest BCUT2D eigenvalue weighted by Crippen LogP contribution is 2.30. The molecule has 1 aromatic carbocycles. The molecule has 0 N–H and O–H groups in total. The van der Waals surface area contributed by atoms with Crippen molar-refractivity contribution in [3.8, 4) is 0 Å². The minimum atomic E-state index is -3.86. The monoisotopic (exact) mass is 427 g/mol. The van der Waals surface area contributed by atoms with Crippen LogP contribution in [0.4, 0.5) is 11.4 Å². The Hall–Kier alpha value is -2.69. The summed E-state index contributed by atoms with van der Waals surface area (Å²) in [6, 6.07) is 4.10. The number of hydrogen-bond donors (Lipinski definition) is 0. The Kier molecular flexibility index (Phi) is 7.17. The number of amides is 1. The number of nitro benzene ring substituents is 1. The van der Waals surface area contributed by atoms with Gasteiger partial charge >= 0.3 is 5.97 Å². The molecule has 1 fully saturated rings. The van der Waals surface area contributed by atoms with Crippen molar-refractivity contribution in [3.05, 3.63) is 33.9 Å². The fourth-order valence-corrected chi connectivity index (χ4v) is 4.21. The van der Waals surface area contributed by atoms with Crippen LogP contribution >= 0.6 is 0 Å². The third kappa shape index (κ3) is 5.43. The zero-order valence-corrected chi connectivity index (χ0v) is 17.5. The van der Waals surface area contributed by atoms with E-state index in [0.29, 0.717) is 32.5 Å². The van der Waals surface area contributed by atoms with Crippen LogP contribution in [0.2, 0.25) is 0 Å². The van der Waals surface area contributed by atoms with Gasteiger partial charge in [0.25, 0.3) is 5.69 Å². The van der Waals surface area contributed by atoms with Crippen molar-refractivity contribution in [1.29, 1.82) is 0 Å². The van der Waals surface area contributed by atoms with Crippen molar-refractivity contribution < 1.29 is 27.7 Å². The Morgan fingerprint density at radius 2 is 1.93 bits per heavy atom. The first-order valence-electron chi connectivity index (χ1n) is 9.22. The Bertz CT molecular complexity index is 893. The Morgan fingerprint density at radius 1 is 1.31 bits per heavy atom. The van der Waals surface area contributed by atoms with Crippen LogP contribution < -0.4 is 4.31 Å². The molecule has 2 rings (SSSR count). The van der Waals surface area contributed by atoms with Gasteiger partial charge in [0.05, 0.1) is 35.0 Å². The fraction of sp³-hybridized carbons (Fsp3) is 0.556. The first-order valence-corrected chi connectivity index (χ1v) is 11.1. The number of anilines is 1. The van der Waals surface area contributed by atoms with Crippen LogP contribution in [0, 0.1) is 23.0 Å². The van der Waals surface area contributed by atoms with Crippen molar-refractivity contribution >= 4 is 33.3 Å². The van der Waals surface area contributed by atoms with Crippen LogP contribution in [0.1, 0.15) is 25.3 Å². The van der Waals surface area contributed by atoms with Gasteiger partial charge in [0.15, 0.2) is 0 Å². The Labute approximate surface area is 169 Å². The molecule has 1 saturated heterocycles. The second-order valence-electron chi connectivity index (χ2n) is 6.86. The summed E-state index contributed by atoms with van der Waals surface area (Å²) in [6.07, 6.45) is 1.84. The molecule has 0 spiro atoms. The largest absolute Gasteiger partial charge is 0.466 e. The van der Waals surface area contributed by atoms with Gasteiger partial charge in [0.1, 0.15) is 6.54 Å². The van der Waals surface area contributed by atoms with Crippen molar-refractivity contribution in [2.75, 3.05) is 36.8 Å². The number of carbonyl (C=O) groups is 2. The summed E-state index contributed by atoms with van der Waals surface area (Å²) in [5.41, 5.74) is 0.0343. The molecule has 0 radical (unpaired) electrons. The molecule has 0 bridgehead atoms. The van der Waals surface area contributed by atoms with Crippen LogP contribution in [0.15, 0.2) is 18.2 Å². The molecule has 1 amide bonds. The summed E-state index contributed by atoms with van der Waals surface area (Å²) in [5.74, 6) is -0.989. The molecular weight excluding hydrogens is 402 g/mol. The number of sulfonamides is 1. The van der Waals surface area contributed by atoms with Gasteiger partial charge in [-0.05, 0) is 32.8 Å². The second-order valence-corrected chi connectivity index (χ2v) is 8.76. The molecule has 29 heavy (non-hydrogen) atoms. The minimum Gasteiger partial charge on any atom is -0.466 e. The lowest BCUT2D eigenvalue weighted by atomic mass is 9.97. The van der Waals surface area contributed by atoms with Crippen molar-refractivity contribution in [2.24, 2.45) is 5.92 Å². The summed E-state index contributed by atoms with van der Waals surface area (Å²) < 4.78 is 30.5. The highest BCUT2D eigenvalue weighted by molar-refractivity contribution is 7.92. The molecule has 160 valence electrons. The molecule has 0 aromatic heterocycles. The van der Waals surface area contributed by atoms with Crippen LogP contribution in [-0.4, -0.2) is 62.6 Å². The van der Waals surface area contributed by atoms with Gasteiger partial charge in [0, 0.05) is 19.2 Å². The normalized spacial score (nSPS) is 15.1. The fourth-order valence-electron chi connectivity index (χ4n) is 3.31. The van der Waals surface area contributed by atoms with E-state index in [4.69, 9.17) is 4.74 Å². The van der Waals surface area contributed by atoms with Gasteiger partial charge in [0.2, 0.25) is 15.9 Å². The molecule has 11 heteroatoms. The van der Waals surface area contributed by atoms with Gasteiger partial charge in [-0.2, -0.15) is 0 Å². The summed E-state index contributed by atoms with van der Waals surface area (Å²) in [4.78, 5) is 36.6. The molecule has 0 unspecified atom stereocenters. The van der Waals surface area contributed by atoms with E-state index in [2.05, 4.69) is 0 Å². The minimum absolute atomic E-state index is 0.0939. The number of nitrogens with zero attached hydrogens (tertiary/aromatic N) is 3. The van der Waals surface area contributed by atoms with E-state index in [1.807, 2.05) is 0 Å². The molecule has 0 aliphatic carbocycles. The van der Waals surface area contributed by atoms with Crippen LogP contribution in [0.5, 0.6) is 0 Å². The van der Waals surface area contributed by atoms with Crippen molar-refractivity contribution in [2.45, 2.75) is 26.7 Å². The number of hydrogen-bond acceptors (Lipinski definition) is 7. The quantitative estimate of drug-likeness (QED) is 0.366. The third-order valence-corrected chi connectivity index (χ3v) is 6.02. The summed E-state index contributed by atoms with van der Waals surface area (Å²) >= 11 is 0. The number of ether oxygens (including phenoxy) is 1. The summed E-state index contributed by atoms with van der Waals surface area (Å²) in [5, 5.41) is 11.2. The first-order chi connectivity index (χ1) is 13.6. The van der Waals surface area contributed by atoms with Crippen LogP contribution in [0.25, 0.3) is 0 Å². The molecule has 1 aromatic rings. The van der Waals surface area contributed by atoms with Gasteiger partial charge in [-0.25, -0.2) is 8.42 Å². The maximum Gasteiger partial charge on any atom is 0.309 e. The van der Waals surface area contributed by atoms with E-state index in [1.54, 1.807) is 6.92 Å². The van der Waals surface area contributed by atoms with E-state index in [9.17, 15) is 28.1 Å². The number of rotatable bonds is 7. The molecule has 0 saturated carbocycles. The average Bonchev–Trinajstić information content (AvgIpc) is 2.65. The Balaban J connectivity index is 2.17. The smallest absolute Gasteiger partial charge is 0.309 e. The molecule has 10 nitrogen and oxygen atoms in total. The number of nitro groups is 1. The zero-order valence-electron chi connectivity index (χ0n) is 16.7. The number of esters is 1. The second kappa shape index (κ2) is 9.21. The molecule has 1 aliphatic heterocycles. The zero-order chi connectivity index (χ0) is 21.8. The van der Waals surface area contributed by atoms with Crippen molar-refractivity contribution in [1.82, 2.24) is 4.90 Å². The van der Waals surface area contributed by atoms with Crippen LogP contribution in [-0.2, 0) is 24.3 Å². The topological polar surface area (TPSA) is 127 Å². The summed E-state index contributed by atoms with van der Waals surface area (Å²) in [7, 11) is -3.86. The molecular formula is C18H25N3O7S. The number of piperidine rings is 1.